The molecule has 0 spiro atoms. The monoisotopic (exact) mass is 277 g/mol. The van der Waals surface area contributed by atoms with Gasteiger partial charge < -0.3 is 10.2 Å². The summed E-state index contributed by atoms with van der Waals surface area (Å²) in [4.78, 5) is 15.3. The molecule has 3 rings (SSSR count). The first kappa shape index (κ1) is 13.4. The summed E-state index contributed by atoms with van der Waals surface area (Å²) in [7, 11) is 0. The quantitative estimate of drug-likeness (QED) is 0.553. The van der Waals surface area contributed by atoms with Crippen molar-refractivity contribution in [3.8, 4) is 0 Å². The molecule has 1 aliphatic carbocycles. The lowest BCUT2D eigenvalue weighted by Gasteiger charge is -2.17. The number of nitrogen functional groups attached to an aromatic ring is 1. The van der Waals surface area contributed by atoms with Crippen molar-refractivity contribution in [2.45, 2.75) is 38.5 Å². The van der Waals surface area contributed by atoms with E-state index in [9.17, 15) is 0 Å². The van der Waals surface area contributed by atoms with Gasteiger partial charge in [0.2, 0.25) is 17.8 Å². The topological polar surface area (TPSA) is 92.0 Å². The van der Waals surface area contributed by atoms with Gasteiger partial charge in [-0.1, -0.05) is 12.8 Å². The molecule has 20 heavy (non-hydrogen) atoms. The third-order valence-electron chi connectivity index (χ3n) is 4.17. The number of anilines is 3. The van der Waals surface area contributed by atoms with Gasteiger partial charge in [-0.25, -0.2) is 5.84 Å². The number of hydrogen-bond donors (Lipinski definition) is 3. The Bertz CT molecular complexity index is 438. The van der Waals surface area contributed by atoms with Gasteiger partial charge in [0.1, 0.15) is 0 Å². The minimum Gasteiger partial charge on any atom is -0.354 e. The molecule has 0 atom stereocenters. The number of hydrogen-bond acceptors (Lipinski definition) is 7. The van der Waals surface area contributed by atoms with E-state index in [1.165, 1.54) is 38.5 Å². The van der Waals surface area contributed by atoms with Crippen LogP contribution in [-0.2, 0) is 0 Å². The number of nitrogens with zero attached hydrogens (tertiary/aromatic N) is 4. The molecule has 2 aliphatic rings. The minimum atomic E-state index is 0.427. The van der Waals surface area contributed by atoms with Crippen LogP contribution >= 0.6 is 0 Å². The zero-order valence-electron chi connectivity index (χ0n) is 11.8. The van der Waals surface area contributed by atoms with Gasteiger partial charge in [-0.2, -0.15) is 15.0 Å². The van der Waals surface area contributed by atoms with Gasteiger partial charge in [-0.05, 0) is 31.6 Å². The molecule has 0 bridgehead atoms. The second kappa shape index (κ2) is 6.21. The van der Waals surface area contributed by atoms with Crippen LogP contribution in [0.3, 0.4) is 0 Å². The highest BCUT2D eigenvalue weighted by atomic mass is 15.4. The van der Waals surface area contributed by atoms with Gasteiger partial charge in [0.15, 0.2) is 0 Å². The molecule has 0 unspecified atom stereocenters. The summed E-state index contributed by atoms with van der Waals surface area (Å²) in [5, 5.41) is 3.34. The Kier molecular flexibility index (Phi) is 4.15. The summed E-state index contributed by atoms with van der Waals surface area (Å²) in [5.74, 6) is 7.98. The molecule has 1 saturated carbocycles. The van der Waals surface area contributed by atoms with Gasteiger partial charge >= 0.3 is 0 Å². The van der Waals surface area contributed by atoms with Gasteiger partial charge in [0.05, 0.1) is 0 Å². The predicted octanol–water partition coefficient (Wildman–Crippen LogP) is 1.36. The molecular weight excluding hydrogens is 254 g/mol. The molecule has 1 aromatic heterocycles. The highest BCUT2D eigenvalue weighted by Gasteiger charge is 2.18. The van der Waals surface area contributed by atoms with Crippen LogP contribution in [0.4, 0.5) is 17.8 Å². The predicted molar refractivity (Wildman–Crippen MR) is 79.5 cm³/mol. The van der Waals surface area contributed by atoms with E-state index in [4.69, 9.17) is 5.84 Å². The number of rotatable bonds is 5. The molecule has 0 amide bonds. The lowest BCUT2D eigenvalue weighted by Crippen LogP contribution is -2.24. The van der Waals surface area contributed by atoms with E-state index in [-0.39, 0.29) is 0 Å². The lowest BCUT2D eigenvalue weighted by molar-refractivity contribution is 0.577. The maximum atomic E-state index is 5.46. The van der Waals surface area contributed by atoms with Crippen LogP contribution in [0.2, 0.25) is 0 Å². The molecule has 4 N–H and O–H groups in total. The molecule has 7 heteroatoms. The molecule has 1 aromatic rings. The lowest BCUT2D eigenvalue weighted by atomic mass is 10.1. The molecule has 0 radical (unpaired) electrons. The van der Waals surface area contributed by atoms with Crippen LogP contribution in [-0.4, -0.2) is 34.6 Å². The van der Waals surface area contributed by atoms with Crippen LogP contribution in [0.1, 0.15) is 38.5 Å². The summed E-state index contributed by atoms with van der Waals surface area (Å²) in [6.45, 7) is 2.96. The molecule has 2 fully saturated rings. The maximum Gasteiger partial charge on any atom is 0.243 e. The fourth-order valence-electron chi connectivity index (χ4n) is 3.02. The standard InChI is InChI=1S/C13H23N7/c14-19-12-16-11(15-9-10-5-1-2-6-10)17-13(18-12)20-7-3-4-8-20/h10H,1-9,14H2,(H2,15,16,17,18,19). The fraction of sp³-hybridized carbons (Fsp3) is 0.769. The number of aromatic nitrogens is 3. The van der Waals surface area contributed by atoms with Crippen LogP contribution in [0.5, 0.6) is 0 Å². The third kappa shape index (κ3) is 3.09. The molecule has 7 nitrogen and oxygen atoms in total. The Morgan fingerprint density at radius 2 is 1.70 bits per heavy atom. The Hall–Kier alpha value is -1.63. The highest BCUT2D eigenvalue weighted by Crippen LogP contribution is 2.25. The van der Waals surface area contributed by atoms with Crippen molar-refractivity contribution in [1.29, 1.82) is 0 Å². The Labute approximate surface area is 119 Å². The summed E-state index contributed by atoms with van der Waals surface area (Å²) in [6.07, 6.45) is 7.69. The average molecular weight is 277 g/mol. The van der Waals surface area contributed by atoms with E-state index in [1.54, 1.807) is 0 Å². The van der Waals surface area contributed by atoms with Gasteiger partial charge in [-0.3, -0.25) is 5.43 Å². The smallest absolute Gasteiger partial charge is 0.243 e. The molecular formula is C13H23N7. The largest absolute Gasteiger partial charge is 0.354 e. The van der Waals surface area contributed by atoms with Crippen molar-refractivity contribution in [3.05, 3.63) is 0 Å². The van der Waals surface area contributed by atoms with Crippen molar-refractivity contribution in [1.82, 2.24) is 15.0 Å². The van der Waals surface area contributed by atoms with Gasteiger partial charge in [0.25, 0.3) is 0 Å². The summed E-state index contributed by atoms with van der Waals surface area (Å²) in [5.41, 5.74) is 2.53. The first-order valence-corrected chi connectivity index (χ1v) is 7.56. The van der Waals surface area contributed by atoms with E-state index in [0.29, 0.717) is 11.9 Å². The van der Waals surface area contributed by atoms with Crippen molar-refractivity contribution in [3.63, 3.8) is 0 Å². The van der Waals surface area contributed by atoms with E-state index >= 15 is 0 Å². The summed E-state index contributed by atoms with van der Waals surface area (Å²) in [6, 6.07) is 0. The van der Waals surface area contributed by atoms with E-state index < -0.39 is 0 Å². The Morgan fingerprint density at radius 1 is 1.00 bits per heavy atom. The molecule has 1 aliphatic heterocycles. The van der Waals surface area contributed by atoms with E-state index in [2.05, 4.69) is 30.6 Å². The first-order valence-electron chi connectivity index (χ1n) is 7.56. The SMILES string of the molecule is NNc1nc(NCC2CCCC2)nc(N2CCCC2)n1. The van der Waals surface area contributed by atoms with Gasteiger partial charge in [-0.15, -0.1) is 0 Å². The summed E-state index contributed by atoms with van der Waals surface area (Å²) < 4.78 is 0. The van der Waals surface area contributed by atoms with Crippen LogP contribution < -0.4 is 21.5 Å². The fourth-order valence-corrected chi connectivity index (χ4v) is 3.02. The summed E-state index contributed by atoms with van der Waals surface area (Å²) >= 11 is 0. The van der Waals surface area contributed by atoms with Crippen LogP contribution in [0.15, 0.2) is 0 Å². The van der Waals surface area contributed by atoms with E-state index in [0.717, 1.165) is 31.5 Å². The average Bonchev–Trinajstić information content (AvgIpc) is 3.17. The third-order valence-corrected chi connectivity index (χ3v) is 4.17. The van der Waals surface area contributed by atoms with E-state index in [1.807, 2.05) is 0 Å². The molecule has 110 valence electrons. The van der Waals surface area contributed by atoms with Crippen molar-refractivity contribution in [2.75, 3.05) is 35.3 Å². The first-order chi connectivity index (χ1) is 9.85. The zero-order valence-corrected chi connectivity index (χ0v) is 11.8. The zero-order chi connectivity index (χ0) is 13.8. The normalized spacial score (nSPS) is 19.6. The molecule has 2 heterocycles. The van der Waals surface area contributed by atoms with Crippen molar-refractivity contribution < 1.29 is 0 Å². The molecule has 1 saturated heterocycles. The Morgan fingerprint density at radius 3 is 2.40 bits per heavy atom. The Balaban J connectivity index is 1.69. The number of nitrogens with two attached hydrogens (primary N) is 1. The van der Waals surface area contributed by atoms with Crippen molar-refractivity contribution >= 4 is 17.8 Å². The second-order valence-electron chi connectivity index (χ2n) is 5.65. The number of nitrogens with one attached hydrogen (secondary N) is 2. The minimum absolute atomic E-state index is 0.427. The number of hydrazine groups is 1. The van der Waals surface area contributed by atoms with Crippen LogP contribution in [0.25, 0.3) is 0 Å². The highest BCUT2D eigenvalue weighted by molar-refractivity contribution is 5.43. The second-order valence-corrected chi connectivity index (χ2v) is 5.65. The maximum absolute atomic E-state index is 5.46. The van der Waals surface area contributed by atoms with Crippen molar-refractivity contribution in [2.24, 2.45) is 11.8 Å². The van der Waals surface area contributed by atoms with Gasteiger partial charge in [0, 0.05) is 19.6 Å². The molecule has 0 aromatic carbocycles. The van der Waals surface area contributed by atoms with Crippen LogP contribution in [0, 0.1) is 5.92 Å².